The van der Waals surface area contributed by atoms with E-state index < -0.39 is 0 Å². The number of benzene rings is 1. The Balaban J connectivity index is 1.34. The van der Waals surface area contributed by atoms with Gasteiger partial charge in [-0.1, -0.05) is 32.1 Å². The van der Waals surface area contributed by atoms with E-state index in [1.54, 1.807) is 19.5 Å². The van der Waals surface area contributed by atoms with Crippen molar-refractivity contribution in [3.8, 4) is 11.4 Å². The van der Waals surface area contributed by atoms with Crippen LogP contribution in [0.15, 0.2) is 35.4 Å². The van der Waals surface area contributed by atoms with Crippen molar-refractivity contribution in [1.82, 2.24) is 24.6 Å². The smallest absolute Gasteiger partial charge is 0.348 e. The maximum absolute atomic E-state index is 12.9. The van der Waals surface area contributed by atoms with Crippen LogP contribution in [0, 0.1) is 5.92 Å². The summed E-state index contributed by atoms with van der Waals surface area (Å²) in [5.41, 5.74) is 0.559. The van der Waals surface area contributed by atoms with Gasteiger partial charge in [0.1, 0.15) is 11.6 Å². The fourth-order valence-corrected chi connectivity index (χ4v) is 5.52. The van der Waals surface area contributed by atoms with Gasteiger partial charge in [-0.25, -0.2) is 4.79 Å². The Hall–Kier alpha value is -2.67. The van der Waals surface area contributed by atoms with Crippen molar-refractivity contribution in [1.29, 1.82) is 0 Å². The van der Waals surface area contributed by atoms with Gasteiger partial charge in [0.15, 0.2) is 0 Å². The van der Waals surface area contributed by atoms with E-state index in [2.05, 4.69) is 14.9 Å². The van der Waals surface area contributed by atoms with E-state index in [4.69, 9.17) is 9.84 Å². The molecule has 0 spiro atoms. The molecule has 5 rings (SSSR count). The highest BCUT2D eigenvalue weighted by molar-refractivity contribution is 5.94. The average Bonchev–Trinajstić information content (AvgIpc) is 3.24. The zero-order chi connectivity index (χ0) is 21.9. The van der Waals surface area contributed by atoms with Crippen LogP contribution in [-0.4, -0.2) is 51.4 Å². The van der Waals surface area contributed by atoms with Crippen LogP contribution in [0.2, 0.25) is 0 Å². The first-order valence-corrected chi connectivity index (χ1v) is 12.1. The largest absolute Gasteiger partial charge is 0.496 e. The highest BCUT2D eigenvalue weighted by atomic mass is 16.5. The Labute approximate surface area is 188 Å². The first-order chi connectivity index (χ1) is 15.7. The summed E-state index contributed by atoms with van der Waals surface area (Å²) in [7, 11) is 1.64. The number of aromatic amines is 1. The minimum atomic E-state index is -0.192. The summed E-state index contributed by atoms with van der Waals surface area (Å²) in [5.74, 6) is 2.72. The summed E-state index contributed by atoms with van der Waals surface area (Å²) < 4.78 is 6.96. The second kappa shape index (κ2) is 9.45. The third-order valence-corrected chi connectivity index (χ3v) is 7.31. The molecule has 7 nitrogen and oxygen atoms in total. The van der Waals surface area contributed by atoms with Gasteiger partial charge < -0.3 is 9.64 Å². The predicted octanol–water partition coefficient (Wildman–Crippen LogP) is 4.27. The van der Waals surface area contributed by atoms with Gasteiger partial charge in [0.25, 0.3) is 0 Å². The van der Waals surface area contributed by atoms with Gasteiger partial charge in [-0.15, -0.1) is 5.10 Å². The van der Waals surface area contributed by atoms with Crippen molar-refractivity contribution in [2.24, 2.45) is 5.92 Å². The normalized spacial score (nSPS) is 20.6. The molecule has 3 heterocycles. The van der Waals surface area contributed by atoms with Crippen molar-refractivity contribution in [3.63, 3.8) is 0 Å². The monoisotopic (exact) mass is 435 g/mol. The number of likely N-dealkylation sites (tertiary alicyclic amines) is 1. The lowest BCUT2D eigenvalue weighted by atomic mass is 9.86. The first kappa shape index (κ1) is 21.2. The predicted molar refractivity (Wildman–Crippen MR) is 126 cm³/mol. The number of fused-ring (bicyclic) bond motifs is 1. The quantitative estimate of drug-likeness (QED) is 0.626. The lowest BCUT2D eigenvalue weighted by Gasteiger charge is -2.33. The van der Waals surface area contributed by atoms with Gasteiger partial charge in [-0.3, -0.25) is 9.97 Å². The summed E-state index contributed by atoms with van der Waals surface area (Å²) in [5, 5.41) is 6.53. The topological polar surface area (TPSA) is 76.0 Å². The highest BCUT2D eigenvalue weighted by Crippen LogP contribution is 2.31. The molecule has 1 aromatic carbocycles. The van der Waals surface area contributed by atoms with E-state index in [0.717, 1.165) is 59.9 Å². The molecule has 0 amide bonds. The van der Waals surface area contributed by atoms with Crippen molar-refractivity contribution in [2.75, 3.05) is 26.7 Å². The molecule has 0 bridgehead atoms. The van der Waals surface area contributed by atoms with Crippen LogP contribution in [0.4, 0.5) is 0 Å². The lowest BCUT2D eigenvalue weighted by Crippen LogP contribution is -2.36. The van der Waals surface area contributed by atoms with E-state index in [1.165, 1.54) is 49.8 Å². The number of hydrogen-bond acceptors (Lipinski definition) is 5. The van der Waals surface area contributed by atoms with Crippen molar-refractivity contribution < 1.29 is 4.74 Å². The summed E-state index contributed by atoms with van der Waals surface area (Å²) in [6.45, 7) is 3.31. The fourth-order valence-electron chi connectivity index (χ4n) is 5.52. The molecule has 170 valence electrons. The van der Waals surface area contributed by atoms with Crippen LogP contribution in [0.3, 0.4) is 0 Å². The summed E-state index contributed by atoms with van der Waals surface area (Å²) in [4.78, 5) is 22.7. The molecule has 0 unspecified atom stereocenters. The van der Waals surface area contributed by atoms with Crippen molar-refractivity contribution in [2.45, 2.75) is 57.3 Å². The molecule has 0 radical (unpaired) electrons. The molecule has 1 aliphatic heterocycles. The third-order valence-electron chi connectivity index (χ3n) is 7.31. The minimum absolute atomic E-state index is 0.192. The van der Waals surface area contributed by atoms with E-state index in [-0.39, 0.29) is 11.6 Å². The van der Waals surface area contributed by atoms with Gasteiger partial charge in [0.05, 0.1) is 12.8 Å². The molecule has 1 saturated carbocycles. The minimum Gasteiger partial charge on any atom is -0.496 e. The molecule has 7 heteroatoms. The van der Waals surface area contributed by atoms with Gasteiger partial charge in [0.2, 0.25) is 0 Å². The first-order valence-electron chi connectivity index (χ1n) is 12.1. The second-order valence-electron chi connectivity index (χ2n) is 9.37. The number of nitrogens with one attached hydrogen (secondary N) is 1. The number of rotatable bonds is 6. The molecule has 2 fully saturated rings. The molecule has 2 aliphatic rings. The molecule has 3 aromatic rings. The zero-order valence-corrected chi connectivity index (χ0v) is 18.9. The second-order valence-corrected chi connectivity index (χ2v) is 9.37. The highest BCUT2D eigenvalue weighted by Gasteiger charge is 2.26. The molecule has 1 aliphatic carbocycles. The van der Waals surface area contributed by atoms with Gasteiger partial charge >= 0.3 is 5.69 Å². The molecule has 2 aromatic heterocycles. The van der Waals surface area contributed by atoms with Crippen LogP contribution >= 0.6 is 0 Å². The SMILES string of the molecule is COc1ccc(-n2nc([C@H]3CCCN(CCC4CCCCC4)C3)[nH]c2=O)c2ccncc12. The Morgan fingerprint density at radius 3 is 2.81 bits per heavy atom. The van der Waals surface area contributed by atoms with Crippen molar-refractivity contribution in [3.05, 3.63) is 46.9 Å². The number of nitrogens with zero attached hydrogens (tertiary/aromatic N) is 4. The van der Waals surface area contributed by atoms with Gasteiger partial charge in [-0.05, 0) is 56.5 Å². The Morgan fingerprint density at radius 2 is 1.97 bits per heavy atom. The van der Waals surface area contributed by atoms with Crippen LogP contribution in [-0.2, 0) is 0 Å². The van der Waals surface area contributed by atoms with E-state index in [0.29, 0.717) is 0 Å². The maximum Gasteiger partial charge on any atom is 0.348 e. The van der Waals surface area contributed by atoms with E-state index in [9.17, 15) is 4.79 Å². The number of ether oxygens (including phenoxy) is 1. The zero-order valence-electron chi connectivity index (χ0n) is 18.9. The number of pyridine rings is 1. The summed E-state index contributed by atoms with van der Waals surface area (Å²) in [6, 6.07) is 5.67. The number of aromatic nitrogens is 4. The number of piperidine rings is 1. The summed E-state index contributed by atoms with van der Waals surface area (Å²) in [6.07, 6.45) is 14.1. The molecular weight excluding hydrogens is 402 g/mol. The Bertz CT molecular complexity index is 1110. The maximum atomic E-state index is 12.9. The Kier molecular flexibility index (Phi) is 6.26. The molecule has 1 saturated heterocycles. The van der Waals surface area contributed by atoms with Gasteiger partial charge in [0, 0.05) is 35.6 Å². The van der Waals surface area contributed by atoms with Gasteiger partial charge in [-0.2, -0.15) is 4.68 Å². The van der Waals surface area contributed by atoms with Crippen molar-refractivity contribution >= 4 is 10.8 Å². The van der Waals surface area contributed by atoms with Crippen LogP contribution < -0.4 is 10.4 Å². The molecular formula is C25H33N5O2. The number of methoxy groups -OCH3 is 1. The van der Waals surface area contributed by atoms with Crippen LogP contribution in [0.1, 0.15) is 63.1 Å². The Morgan fingerprint density at radius 1 is 1.09 bits per heavy atom. The van der Waals surface area contributed by atoms with Crippen LogP contribution in [0.5, 0.6) is 5.75 Å². The van der Waals surface area contributed by atoms with Crippen LogP contribution in [0.25, 0.3) is 16.5 Å². The number of hydrogen-bond donors (Lipinski definition) is 1. The fraction of sp³-hybridized carbons (Fsp3) is 0.560. The number of H-pyrrole nitrogens is 1. The van der Waals surface area contributed by atoms with E-state index >= 15 is 0 Å². The average molecular weight is 436 g/mol. The lowest BCUT2D eigenvalue weighted by molar-refractivity contribution is 0.182. The van der Waals surface area contributed by atoms with E-state index in [1.807, 2.05) is 18.2 Å². The third kappa shape index (κ3) is 4.31. The molecule has 1 atom stereocenters. The molecule has 1 N–H and O–H groups in total. The summed E-state index contributed by atoms with van der Waals surface area (Å²) >= 11 is 0. The molecule has 32 heavy (non-hydrogen) atoms. The standard InChI is InChI=1S/C25H33N5O2/c1-32-23-10-9-22(20-11-13-26-16-21(20)23)30-25(31)27-24(28-30)19-8-5-14-29(17-19)15-12-18-6-3-2-4-7-18/h9-11,13,16,18-19H,2-8,12,14-15,17H2,1H3,(H,27,28,31)/t19-/m0/s1.